The molecule has 1 unspecified atom stereocenters. The van der Waals surface area contributed by atoms with E-state index in [-0.39, 0.29) is 5.38 Å². The first-order valence-corrected chi connectivity index (χ1v) is 5.69. The second-order valence-electron chi connectivity index (χ2n) is 4.17. The lowest BCUT2D eigenvalue weighted by Gasteiger charge is -2.27. The average Bonchev–Trinajstić information content (AvgIpc) is 2.15. The first-order valence-electron chi connectivity index (χ1n) is 5.26. The summed E-state index contributed by atoms with van der Waals surface area (Å²) in [6.45, 7) is 0. The summed E-state index contributed by atoms with van der Waals surface area (Å²) in [5.41, 5.74) is 0.683. The van der Waals surface area contributed by atoms with Gasteiger partial charge in [-0.05, 0) is 30.0 Å². The van der Waals surface area contributed by atoms with Crippen LogP contribution in [0.2, 0.25) is 0 Å². The fourth-order valence-electron chi connectivity index (χ4n) is 1.86. The molecule has 3 heteroatoms. The first-order chi connectivity index (χ1) is 7.16. The molecule has 1 aliphatic rings. The fourth-order valence-corrected chi connectivity index (χ4v) is 2.25. The molecule has 0 bridgehead atoms. The van der Waals surface area contributed by atoms with E-state index in [1.54, 1.807) is 6.07 Å². The van der Waals surface area contributed by atoms with Crippen LogP contribution in [0.25, 0.3) is 0 Å². The van der Waals surface area contributed by atoms with E-state index in [4.69, 9.17) is 11.6 Å². The zero-order valence-corrected chi connectivity index (χ0v) is 9.11. The smallest absolute Gasteiger partial charge is 0.159 e. The molecule has 1 aliphatic carbocycles. The van der Waals surface area contributed by atoms with Gasteiger partial charge in [0.05, 0.1) is 5.38 Å². The van der Waals surface area contributed by atoms with Crippen LogP contribution < -0.4 is 0 Å². The van der Waals surface area contributed by atoms with Gasteiger partial charge in [-0.1, -0.05) is 25.3 Å². The predicted molar refractivity (Wildman–Crippen MR) is 56.9 cm³/mol. The van der Waals surface area contributed by atoms with Crippen molar-refractivity contribution in [3.05, 3.63) is 35.4 Å². The maximum Gasteiger partial charge on any atom is 0.159 e. The highest BCUT2D eigenvalue weighted by molar-refractivity contribution is 6.20. The van der Waals surface area contributed by atoms with E-state index in [1.165, 1.54) is 25.3 Å². The maximum atomic E-state index is 12.9. The largest absolute Gasteiger partial charge is 0.204 e. The van der Waals surface area contributed by atoms with Crippen LogP contribution in [0.15, 0.2) is 18.2 Å². The number of hydrogen-bond acceptors (Lipinski definition) is 0. The minimum atomic E-state index is -0.814. The molecule has 1 atom stereocenters. The van der Waals surface area contributed by atoms with E-state index < -0.39 is 11.6 Å². The number of hydrogen-bond donors (Lipinski definition) is 0. The summed E-state index contributed by atoms with van der Waals surface area (Å²) in [5.74, 6) is -0.960. The highest BCUT2D eigenvalue weighted by Gasteiger charge is 2.22. The van der Waals surface area contributed by atoms with Gasteiger partial charge in [-0.3, -0.25) is 0 Å². The molecule has 0 radical (unpaired) electrons. The lowest BCUT2D eigenvalue weighted by atomic mass is 9.81. The van der Waals surface area contributed by atoms with Crippen molar-refractivity contribution >= 4 is 11.6 Å². The predicted octanol–water partition coefficient (Wildman–Crippen LogP) is 4.43. The summed E-state index contributed by atoms with van der Waals surface area (Å²) >= 11 is 6.15. The van der Waals surface area contributed by atoms with Gasteiger partial charge in [0.15, 0.2) is 11.6 Å². The fraction of sp³-hybridized carbons (Fsp3) is 0.500. The van der Waals surface area contributed by atoms with Crippen LogP contribution in [0, 0.1) is 17.6 Å². The van der Waals surface area contributed by atoms with E-state index in [9.17, 15) is 8.78 Å². The van der Waals surface area contributed by atoms with Crippen molar-refractivity contribution < 1.29 is 8.78 Å². The molecule has 0 saturated heterocycles. The van der Waals surface area contributed by atoms with Crippen molar-refractivity contribution in [2.24, 2.45) is 5.92 Å². The SMILES string of the molecule is Fc1ccc(C(Cl)CC2CCC2)cc1F. The Morgan fingerprint density at radius 2 is 2.00 bits per heavy atom. The van der Waals surface area contributed by atoms with Crippen LogP contribution >= 0.6 is 11.6 Å². The molecular formula is C12H13ClF2. The van der Waals surface area contributed by atoms with Crippen LogP contribution in [0.5, 0.6) is 0 Å². The van der Waals surface area contributed by atoms with E-state index in [0.717, 1.165) is 12.5 Å². The van der Waals surface area contributed by atoms with Gasteiger partial charge in [-0.25, -0.2) is 8.78 Å². The Hall–Kier alpha value is -0.630. The molecular weight excluding hydrogens is 218 g/mol. The van der Waals surface area contributed by atoms with Crippen molar-refractivity contribution in [1.82, 2.24) is 0 Å². The average molecular weight is 231 g/mol. The second-order valence-corrected chi connectivity index (χ2v) is 4.70. The monoisotopic (exact) mass is 230 g/mol. The summed E-state index contributed by atoms with van der Waals surface area (Å²) in [6.07, 6.45) is 4.57. The van der Waals surface area contributed by atoms with Crippen LogP contribution in [0.4, 0.5) is 8.78 Å². The van der Waals surface area contributed by atoms with Gasteiger partial charge in [0.25, 0.3) is 0 Å². The van der Waals surface area contributed by atoms with Crippen molar-refractivity contribution in [3.8, 4) is 0 Å². The topological polar surface area (TPSA) is 0 Å². The number of benzene rings is 1. The van der Waals surface area contributed by atoms with Crippen LogP contribution in [-0.4, -0.2) is 0 Å². The molecule has 82 valence electrons. The maximum absolute atomic E-state index is 12.9. The van der Waals surface area contributed by atoms with Crippen molar-refractivity contribution in [2.75, 3.05) is 0 Å². The molecule has 0 nitrogen and oxygen atoms in total. The molecule has 0 aliphatic heterocycles. The second kappa shape index (κ2) is 4.48. The summed E-state index contributed by atoms with van der Waals surface area (Å²) in [6, 6.07) is 3.90. The highest BCUT2D eigenvalue weighted by atomic mass is 35.5. The Morgan fingerprint density at radius 3 is 2.53 bits per heavy atom. The molecule has 0 heterocycles. The molecule has 15 heavy (non-hydrogen) atoms. The standard InChI is InChI=1S/C12H13ClF2/c13-10(6-8-2-1-3-8)9-4-5-11(14)12(15)7-9/h4-5,7-8,10H,1-3,6H2. The molecule has 0 spiro atoms. The zero-order chi connectivity index (χ0) is 10.8. The number of rotatable bonds is 3. The van der Waals surface area contributed by atoms with Crippen LogP contribution in [0.1, 0.15) is 36.6 Å². The first kappa shape index (κ1) is 10.9. The van der Waals surface area contributed by atoms with E-state index >= 15 is 0 Å². The van der Waals surface area contributed by atoms with Crippen molar-refractivity contribution in [2.45, 2.75) is 31.1 Å². The Morgan fingerprint density at radius 1 is 1.27 bits per heavy atom. The Bertz CT molecular complexity index is 347. The van der Waals surface area contributed by atoms with Gasteiger partial charge in [-0.2, -0.15) is 0 Å². The van der Waals surface area contributed by atoms with Crippen molar-refractivity contribution in [1.29, 1.82) is 0 Å². The van der Waals surface area contributed by atoms with Gasteiger partial charge in [-0.15, -0.1) is 11.6 Å². The van der Waals surface area contributed by atoms with E-state index in [2.05, 4.69) is 0 Å². The molecule has 1 aromatic rings. The van der Waals surface area contributed by atoms with Gasteiger partial charge >= 0.3 is 0 Å². The normalized spacial score (nSPS) is 18.6. The molecule has 1 saturated carbocycles. The third-order valence-corrected chi connectivity index (χ3v) is 3.50. The third-order valence-electron chi connectivity index (χ3n) is 3.07. The lowest BCUT2D eigenvalue weighted by molar-refractivity contribution is 0.293. The van der Waals surface area contributed by atoms with Gasteiger partial charge in [0.1, 0.15) is 0 Å². The van der Waals surface area contributed by atoms with Gasteiger partial charge in [0, 0.05) is 0 Å². The molecule has 0 N–H and O–H groups in total. The van der Waals surface area contributed by atoms with E-state index in [1.807, 2.05) is 0 Å². The van der Waals surface area contributed by atoms with Gasteiger partial charge in [0.2, 0.25) is 0 Å². The van der Waals surface area contributed by atoms with Crippen LogP contribution in [-0.2, 0) is 0 Å². The molecule has 0 aromatic heterocycles. The molecule has 2 rings (SSSR count). The highest BCUT2D eigenvalue weighted by Crippen LogP contribution is 2.37. The minimum Gasteiger partial charge on any atom is -0.204 e. The molecule has 1 aromatic carbocycles. The summed E-state index contributed by atoms with van der Waals surface area (Å²) in [5, 5.41) is -0.189. The molecule has 0 amide bonds. The van der Waals surface area contributed by atoms with Gasteiger partial charge < -0.3 is 0 Å². The zero-order valence-electron chi connectivity index (χ0n) is 8.35. The third kappa shape index (κ3) is 2.49. The number of halogens is 3. The molecule has 1 fully saturated rings. The Balaban J connectivity index is 2.03. The number of alkyl halides is 1. The lowest BCUT2D eigenvalue weighted by Crippen LogP contribution is -2.13. The quantitative estimate of drug-likeness (QED) is 0.674. The minimum absolute atomic E-state index is 0.189. The Labute approximate surface area is 93.2 Å². The Kier molecular flexibility index (Phi) is 3.25. The summed E-state index contributed by atoms with van der Waals surface area (Å²) < 4.78 is 25.6. The summed E-state index contributed by atoms with van der Waals surface area (Å²) in [4.78, 5) is 0. The summed E-state index contributed by atoms with van der Waals surface area (Å²) in [7, 11) is 0. The van der Waals surface area contributed by atoms with Crippen LogP contribution in [0.3, 0.4) is 0 Å². The van der Waals surface area contributed by atoms with E-state index in [0.29, 0.717) is 11.5 Å². The van der Waals surface area contributed by atoms with Crippen molar-refractivity contribution in [3.63, 3.8) is 0 Å².